The molecule has 0 spiro atoms. The Kier molecular flexibility index (Phi) is 6.66. The molecule has 2 heterocycles. The van der Waals surface area contributed by atoms with Crippen molar-refractivity contribution in [2.24, 2.45) is 27.1 Å². The number of nitrogens with two attached hydrogens (primary N) is 1. The van der Waals surface area contributed by atoms with E-state index in [9.17, 15) is 0 Å². The first-order valence-corrected chi connectivity index (χ1v) is 11.0. The fourth-order valence-electron chi connectivity index (χ4n) is 3.74. The molecule has 0 bridgehead atoms. The lowest BCUT2D eigenvalue weighted by Gasteiger charge is -2.31. The van der Waals surface area contributed by atoms with Crippen LogP contribution in [-0.2, 0) is 6.42 Å². The van der Waals surface area contributed by atoms with E-state index in [-0.39, 0.29) is 0 Å². The Labute approximate surface area is 180 Å². The van der Waals surface area contributed by atoms with Gasteiger partial charge in [-0.05, 0) is 62.2 Å². The van der Waals surface area contributed by atoms with Gasteiger partial charge in [0.25, 0.3) is 5.19 Å². The van der Waals surface area contributed by atoms with Gasteiger partial charge in [-0.15, -0.1) is 5.11 Å². The molecule has 0 radical (unpaired) electrons. The van der Waals surface area contributed by atoms with Crippen molar-refractivity contribution in [3.05, 3.63) is 54.1 Å². The van der Waals surface area contributed by atoms with Gasteiger partial charge in [-0.1, -0.05) is 35.6 Å². The maximum Gasteiger partial charge on any atom is 0.279 e. The number of rotatable bonds is 6. The average molecular weight is 423 g/mol. The first-order chi connectivity index (χ1) is 14.7. The molecule has 8 heteroatoms. The summed E-state index contributed by atoms with van der Waals surface area (Å²) in [6.07, 6.45) is 3.05. The summed E-state index contributed by atoms with van der Waals surface area (Å²) < 4.78 is 7.07. The molecule has 0 saturated carbocycles. The molecule has 0 unspecified atom stereocenters. The molecule has 0 atom stereocenters. The number of nitrogens with zero attached hydrogens (tertiary/aromatic N) is 5. The topological polar surface area (TPSA) is 88.5 Å². The second-order valence-corrected chi connectivity index (χ2v) is 8.34. The highest BCUT2D eigenvalue weighted by atomic mass is 32.1. The molecular formula is C22H26N6OS. The van der Waals surface area contributed by atoms with Crippen LogP contribution in [0.5, 0.6) is 10.9 Å². The SMILES string of the molecule is CN=NC(=NN)C1CCN(CCc2ccc(Oc3nc4ccccc4s3)cc2)CC1. The van der Waals surface area contributed by atoms with Gasteiger partial charge in [0.05, 0.1) is 10.2 Å². The molecule has 156 valence electrons. The lowest BCUT2D eigenvalue weighted by molar-refractivity contribution is 0.211. The lowest BCUT2D eigenvalue weighted by atomic mass is 9.95. The minimum atomic E-state index is 0.314. The van der Waals surface area contributed by atoms with Crippen LogP contribution in [0.25, 0.3) is 10.2 Å². The lowest BCUT2D eigenvalue weighted by Crippen LogP contribution is -2.37. The van der Waals surface area contributed by atoms with Crippen LogP contribution in [0.2, 0.25) is 0 Å². The van der Waals surface area contributed by atoms with Gasteiger partial charge in [-0.3, -0.25) is 0 Å². The van der Waals surface area contributed by atoms with Crippen LogP contribution in [0.15, 0.2) is 63.9 Å². The number of hydrogen-bond donors (Lipinski definition) is 1. The van der Waals surface area contributed by atoms with Crippen molar-refractivity contribution in [3.8, 4) is 10.9 Å². The summed E-state index contributed by atoms with van der Waals surface area (Å²) in [5, 5.41) is 12.3. The van der Waals surface area contributed by atoms with E-state index in [0.717, 1.165) is 54.9 Å². The Morgan fingerprint density at radius 3 is 2.63 bits per heavy atom. The summed E-state index contributed by atoms with van der Waals surface area (Å²) in [6.45, 7) is 3.10. The summed E-state index contributed by atoms with van der Waals surface area (Å²) in [5.74, 6) is 7.24. The van der Waals surface area contributed by atoms with Crippen molar-refractivity contribution in [1.82, 2.24) is 9.88 Å². The van der Waals surface area contributed by atoms with E-state index in [0.29, 0.717) is 16.9 Å². The largest absolute Gasteiger partial charge is 0.431 e. The first-order valence-electron chi connectivity index (χ1n) is 10.2. The molecule has 1 aliphatic rings. The molecule has 2 N–H and O–H groups in total. The van der Waals surface area contributed by atoms with Crippen LogP contribution in [-0.4, -0.2) is 42.4 Å². The number of fused-ring (bicyclic) bond motifs is 1. The minimum absolute atomic E-state index is 0.314. The number of thiazole rings is 1. The Bertz CT molecular complexity index is 989. The third-order valence-electron chi connectivity index (χ3n) is 5.41. The van der Waals surface area contributed by atoms with Gasteiger partial charge in [0.2, 0.25) is 0 Å². The molecule has 1 saturated heterocycles. The van der Waals surface area contributed by atoms with E-state index in [4.69, 9.17) is 10.6 Å². The van der Waals surface area contributed by atoms with Gasteiger partial charge in [0.1, 0.15) is 5.75 Å². The van der Waals surface area contributed by atoms with Gasteiger partial charge in [0, 0.05) is 19.5 Å². The third kappa shape index (κ3) is 5.01. The number of amidine groups is 1. The van der Waals surface area contributed by atoms with Crippen molar-refractivity contribution in [3.63, 3.8) is 0 Å². The van der Waals surface area contributed by atoms with E-state index in [2.05, 4.69) is 43.4 Å². The third-order valence-corrected chi connectivity index (χ3v) is 6.32. The fraction of sp³-hybridized carbons (Fsp3) is 0.364. The number of ether oxygens (including phenoxy) is 1. The first kappa shape index (κ1) is 20.4. The Morgan fingerprint density at radius 2 is 1.93 bits per heavy atom. The number of aromatic nitrogens is 1. The van der Waals surface area contributed by atoms with Crippen molar-refractivity contribution in [2.75, 3.05) is 26.7 Å². The Hall–Kier alpha value is -2.84. The summed E-state index contributed by atoms with van der Waals surface area (Å²) in [4.78, 5) is 7.01. The summed E-state index contributed by atoms with van der Waals surface area (Å²) in [7, 11) is 1.65. The number of para-hydroxylation sites is 1. The number of hydrogen-bond acceptors (Lipinski definition) is 7. The Balaban J connectivity index is 1.26. The summed E-state index contributed by atoms with van der Waals surface area (Å²) in [5.41, 5.74) is 2.28. The quantitative estimate of drug-likeness (QED) is 0.205. The highest BCUT2D eigenvalue weighted by Crippen LogP contribution is 2.31. The highest BCUT2D eigenvalue weighted by Gasteiger charge is 2.23. The fourth-order valence-corrected chi connectivity index (χ4v) is 4.57. The second kappa shape index (κ2) is 9.77. The average Bonchev–Trinajstić information content (AvgIpc) is 3.20. The molecule has 1 fully saturated rings. The predicted octanol–water partition coefficient (Wildman–Crippen LogP) is 4.70. The summed E-state index contributed by atoms with van der Waals surface area (Å²) in [6, 6.07) is 16.4. The number of benzene rings is 2. The van der Waals surface area contributed by atoms with Crippen molar-refractivity contribution in [1.29, 1.82) is 0 Å². The highest BCUT2D eigenvalue weighted by molar-refractivity contribution is 7.20. The van der Waals surface area contributed by atoms with E-state index in [1.807, 2.05) is 30.3 Å². The van der Waals surface area contributed by atoms with Gasteiger partial charge in [-0.25, -0.2) is 4.98 Å². The van der Waals surface area contributed by atoms with Crippen molar-refractivity contribution >= 4 is 27.4 Å². The molecule has 2 aromatic carbocycles. The van der Waals surface area contributed by atoms with E-state index < -0.39 is 0 Å². The molecule has 30 heavy (non-hydrogen) atoms. The standard InChI is InChI=1S/C22H26N6OS/c1-24-27-21(26-23)17-11-14-28(15-12-17)13-10-16-6-8-18(9-7-16)29-22-25-19-4-2-3-5-20(19)30-22/h2-9,17H,10-15,23H2,1H3. The van der Waals surface area contributed by atoms with Gasteiger partial charge >= 0.3 is 0 Å². The maximum absolute atomic E-state index is 5.94. The monoisotopic (exact) mass is 422 g/mol. The van der Waals surface area contributed by atoms with Crippen LogP contribution < -0.4 is 10.6 Å². The molecule has 3 aromatic rings. The molecule has 1 aromatic heterocycles. The van der Waals surface area contributed by atoms with Crippen molar-refractivity contribution in [2.45, 2.75) is 19.3 Å². The zero-order valence-corrected chi connectivity index (χ0v) is 17.9. The van der Waals surface area contributed by atoms with Gasteiger partial charge < -0.3 is 15.5 Å². The molecule has 1 aliphatic heterocycles. The van der Waals surface area contributed by atoms with Crippen LogP contribution in [0.4, 0.5) is 0 Å². The maximum atomic E-state index is 5.94. The molecule has 0 aliphatic carbocycles. The number of likely N-dealkylation sites (tertiary alicyclic amines) is 1. The van der Waals surface area contributed by atoms with Crippen LogP contribution in [0, 0.1) is 5.92 Å². The summed E-state index contributed by atoms with van der Waals surface area (Å²) >= 11 is 1.56. The number of hydrazone groups is 1. The number of azo groups is 1. The van der Waals surface area contributed by atoms with Gasteiger partial charge in [0.15, 0.2) is 5.84 Å². The van der Waals surface area contributed by atoms with E-state index in [1.165, 1.54) is 5.56 Å². The molecule has 7 nitrogen and oxygen atoms in total. The minimum Gasteiger partial charge on any atom is -0.431 e. The molecule has 4 rings (SSSR count). The normalized spacial score (nSPS) is 16.5. The zero-order valence-electron chi connectivity index (χ0n) is 17.1. The zero-order chi connectivity index (χ0) is 20.8. The number of piperidine rings is 1. The van der Waals surface area contributed by atoms with Crippen molar-refractivity contribution < 1.29 is 4.74 Å². The van der Waals surface area contributed by atoms with Crippen LogP contribution >= 0.6 is 11.3 Å². The second-order valence-electron chi connectivity index (χ2n) is 7.35. The van der Waals surface area contributed by atoms with Gasteiger partial charge in [-0.2, -0.15) is 10.2 Å². The van der Waals surface area contributed by atoms with E-state index >= 15 is 0 Å². The Morgan fingerprint density at radius 1 is 1.17 bits per heavy atom. The molecule has 0 amide bonds. The van der Waals surface area contributed by atoms with Crippen LogP contribution in [0.3, 0.4) is 0 Å². The predicted molar refractivity (Wildman–Crippen MR) is 121 cm³/mol. The smallest absolute Gasteiger partial charge is 0.279 e. The van der Waals surface area contributed by atoms with Crippen LogP contribution in [0.1, 0.15) is 18.4 Å². The van der Waals surface area contributed by atoms with E-state index in [1.54, 1.807) is 18.4 Å². The molecular weight excluding hydrogens is 396 g/mol.